The van der Waals surface area contributed by atoms with Crippen molar-refractivity contribution in [2.75, 3.05) is 45.0 Å². The van der Waals surface area contributed by atoms with E-state index in [0.717, 1.165) is 5.33 Å². The number of hydrogen-bond donors (Lipinski definition) is 0. The van der Waals surface area contributed by atoms with E-state index >= 15 is 0 Å². The summed E-state index contributed by atoms with van der Waals surface area (Å²) in [7, 11) is 0. The van der Waals surface area contributed by atoms with Gasteiger partial charge >= 0.3 is 0 Å². The summed E-state index contributed by atoms with van der Waals surface area (Å²) in [4.78, 5) is 10.2. The van der Waals surface area contributed by atoms with E-state index in [2.05, 4.69) is 15.9 Å². The molecule has 84 valence electrons. The molecule has 0 saturated heterocycles. The van der Waals surface area contributed by atoms with Crippen molar-refractivity contribution in [3.63, 3.8) is 0 Å². The molecule has 0 spiro atoms. The van der Waals surface area contributed by atoms with Crippen LogP contribution in [0.15, 0.2) is 0 Å². The van der Waals surface area contributed by atoms with E-state index in [1.807, 2.05) is 0 Å². The quantitative estimate of drug-likeness (QED) is 0.344. The van der Waals surface area contributed by atoms with Gasteiger partial charge in [0.25, 0.3) is 0 Å². The minimum Gasteiger partial charge on any atom is -0.378 e. The molecule has 0 aliphatic rings. The maximum Gasteiger partial charge on any atom is 0.247 e. The van der Waals surface area contributed by atoms with E-state index in [-0.39, 0.29) is 6.61 Å². The van der Waals surface area contributed by atoms with Gasteiger partial charge in [0.15, 0.2) is 0 Å². The smallest absolute Gasteiger partial charge is 0.247 e. The number of rotatable bonds is 10. The number of carbonyl (C=O) groups is 1. The van der Waals surface area contributed by atoms with E-state index in [0.29, 0.717) is 33.0 Å². The van der Waals surface area contributed by atoms with Crippen LogP contribution < -0.4 is 0 Å². The lowest BCUT2D eigenvalue weighted by atomic mass is 10.7. The van der Waals surface area contributed by atoms with Crippen LogP contribution in [0.25, 0.3) is 0 Å². The molecule has 0 heterocycles. The highest BCUT2D eigenvalue weighted by molar-refractivity contribution is 9.09. The minimum absolute atomic E-state index is 0.0645. The van der Waals surface area contributed by atoms with Gasteiger partial charge in [0.05, 0.1) is 33.0 Å². The fourth-order valence-electron chi connectivity index (χ4n) is 0.647. The van der Waals surface area contributed by atoms with Crippen molar-refractivity contribution in [2.45, 2.75) is 0 Å². The average Bonchev–Trinajstić information content (AvgIpc) is 2.15. The molecule has 0 fully saturated rings. The molecule has 0 unspecified atom stereocenters. The molecule has 6 heteroatoms. The van der Waals surface area contributed by atoms with Gasteiger partial charge in [0.1, 0.15) is 6.61 Å². The fraction of sp³-hybridized carbons (Fsp3) is 0.875. The zero-order valence-electron chi connectivity index (χ0n) is 7.84. The van der Waals surface area contributed by atoms with Crippen molar-refractivity contribution in [1.29, 1.82) is 0 Å². The normalized spacial score (nSPS) is 10.4. The third kappa shape index (κ3) is 12.3. The summed E-state index contributed by atoms with van der Waals surface area (Å²) in [6.45, 7) is 2.54. The average molecular weight is 290 g/mol. The lowest BCUT2D eigenvalue weighted by molar-refractivity contribution is -0.116. The van der Waals surface area contributed by atoms with Crippen LogP contribution in [0, 0.1) is 0 Å². The summed E-state index contributed by atoms with van der Waals surface area (Å²) in [6, 6.07) is 0. The number of alkyl halides is 1. The molecule has 0 aliphatic carbocycles. The van der Waals surface area contributed by atoms with E-state index in [1.165, 1.54) is 0 Å². The Bertz CT molecular complexity index is 145. The van der Waals surface area contributed by atoms with Crippen molar-refractivity contribution >= 4 is 32.8 Å². The molecule has 0 rings (SSSR count). The Labute approximate surface area is 97.0 Å². The second kappa shape index (κ2) is 11.4. The first-order chi connectivity index (χ1) is 6.77. The third-order valence-electron chi connectivity index (χ3n) is 1.18. The Kier molecular flexibility index (Phi) is 11.7. The monoisotopic (exact) mass is 288 g/mol. The molecule has 0 atom stereocenters. The topological polar surface area (TPSA) is 44.8 Å². The Morgan fingerprint density at radius 2 is 1.50 bits per heavy atom. The summed E-state index contributed by atoms with van der Waals surface area (Å²) in [6.07, 6.45) is 0. The highest BCUT2D eigenvalue weighted by atomic mass is 79.9. The van der Waals surface area contributed by atoms with Crippen molar-refractivity contribution in [1.82, 2.24) is 0 Å². The molecule has 0 amide bonds. The highest BCUT2D eigenvalue weighted by Crippen LogP contribution is 1.85. The predicted molar refractivity (Wildman–Crippen MR) is 57.1 cm³/mol. The van der Waals surface area contributed by atoms with Crippen molar-refractivity contribution in [3.05, 3.63) is 0 Å². The first kappa shape index (κ1) is 14.3. The van der Waals surface area contributed by atoms with Gasteiger partial charge in [-0.1, -0.05) is 15.9 Å². The van der Waals surface area contributed by atoms with Crippen LogP contribution in [-0.4, -0.2) is 50.2 Å². The molecule has 0 aliphatic heterocycles. The van der Waals surface area contributed by atoms with Crippen LogP contribution in [0.2, 0.25) is 0 Å². The largest absolute Gasteiger partial charge is 0.378 e. The van der Waals surface area contributed by atoms with Gasteiger partial charge in [-0.3, -0.25) is 4.79 Å². The lowest BCUT2D eigenvalue weighted by Crippen LogP contribution is -2.11. The number of halogens is 2. The molecule has 0 aromatic rings. The van der Waals surface area contributed by atoms with Gasteiger partial charge < -0.3 is 14.2 Å². The first-order valence-corrected chi connectivity index (χ1v) is 5.75. The first-order valence-electron chi connectivity index (χ1n) is 4.25. The van der Waals surface area contributed by atoms with E-state index < -0.39 is 5.24 Å². The second-order valence-electron chi connectivity index (χ2n) is 2.32. The minimum atomic E-state index is -0.495. The second-order valence-corrected chi connectivity index (χ2v) is 3.54. The summed E-state index contributed by atoms with van der Waals surface area (Å²) in [5.74, 6) is 0. The highest BCUT2D eigenvalue weighted by Gasteiger charge is 1.95. The van der Waals surface area contributed by atoms with E-state index in [9.17, 15) is 4.79 Å². The van der Waals surface area contributed by atoms with Gasteiger partial charge in [-0.05, 0) is 11.6 Å². The molecule has 0 radical (unpaired) electrons. The Hall–Kier alpha value is 0.320. The number of hydrogen-bond acceptors (Lipinski definition) is 4. The maximum absolute atomic E-state index is 10.2. The molecule has 14 heavy (non-hydrogen) atoms. The Balaban J connectivity index is 2.88. The Morgan fingerprint density at radius 3 is 2.00 bits per heavy atom. The van der Waals surface area contributed by atoms with Gasteiger partial charge in [0.2, 0.25) is 5.24 Å². The van der Waals surface area contributed by atoms with Gasteiger partial charge in [-0.2, -0.15) is 0 Å². The summed E-state index contributed by atoms with van der Waals surface area (Å²) >= 11 is 8.28. The maximum atomic E-state index is 10.2. The molecule has 0 saturated carbocycles. The standard InChI is InChI=1S/C8H14BrClO4/c9-1-2-12-3-4-13-5-6-14-7-8(10)11/h1-7H2. The van der Waals surface area contributed by atoms with Crippen molar-refractivity contribution < 1.29 is 19.0 Å². The van der Waals surface area contributed by atoms with Gasteiger partial charge in [-0.15, -0.1) is 0 Å². The molecule has 0 aromatic carbocycles. The Morgan fingerprint density at radius 1 is 1.00 bits per heavy atom. The van der Waals surface area contributed by atoms with Gasteiger partial charge in [0, 0.05) is 5.33 Å². The zero-order chi connectivity index (χ0) is 10.6. The van der Waals surface area contributed by atoms with Crippen LogP contribution in [0.1, 0.15) is 0 Å². The van der Waals surface area contributed by atoms with E-state index in [1.54, 1.807) is 0 Å². The third-order valence-corrected chi connectivity index (χ3v) is 1.61. The van der Waals surface area contributed by atoms with Crippen LogP contribution >= 0.6 is 27.5 Å². The molecular formula is C8H14BrClO4. The predicted octanol–water partition coefficient (Wildman–Crippen LogP) is 1.20. The zero-order valence-corrected chi connectivity index (χ0v) is 10.2. The van der Waals surface area contributed by atoms with Crippen LogP contribution in [0.3, 0.4) is 0 Å². The summed E-state index contributed by atoms with van der Waals surface area (Å²) in [5, 5.41) is 0.333. The van der Waals surface area contributed by atoms with Gasteiger partial charge in [-0.25, -0.2) is 0 Å². The van der Waals surface area contributed by atoms with Crippen molar-refractivity contribution in [3.8, 4) is 0 Å². The molecule has 0 N–H and O–H groups in total. The summed E-state index contributed by atoms with van der Waals surface area (Å²) in [5.41, 5.74) is 0. The summed E-state index contributed by atoms with van der Waals surface area (Å²) < 4.78 is 15.1. The van der Waals surface area contributed by atoms with Crippen LogP contribution in [-0.2, 0) is 19.0 Å². The number of ether oxygens (including phenoxy) is 3. The van der Waals surface area contributed by atoms with Crippen LogP contribution in [0.5, 0.6) is 0 Å². The van der Waals surface area contributed by atoms with E-state index in [4.69, 9.17) is 25.8 Å². The fourth-order valence-corrected chi connectivity index (χ4v) is 0.953. The van der Waals surface area contributed by atoms with Crippen LogP contribution in [0.4, 0.5) is 0 Å². The van der Waals surface area contributed by atoms with Crippen molar-refractivity contribution in [2.24, 2.45) is 0 Å². The SMILES string of the molecule is O=C(Cl)COCCOCCOCCBr. The molecule has 0 bridgehead atoms. The molecule has 0 aromatic heterocycles. The molecule has 4 nitrogen and oxygen atoms in total. The molecular weight excluding hydrogens is 275 g/mol. The lowest BCUT2D eigenvalue weighted by Gasteiger charge is -2.04. The number of carbonyl (C=O) groups excluding carboxylic acids is 1.